The standard InChI is InChI=1S/C15H17F3O3S2/c1-22(19,20)21-23(15(16,17)18)13-9-5-4-8-12(13)10-14(23)11-6-2-3-7-11/h4-5,8-11H,2-3,6-7H2,1H3. The van der Waals surface area contributed by atoms with Gasteiger partial charge in [0.15, 0.2) is 0 Å². The summed E-state index contributed by atoms with van der Waals surface area (Å²) in [6.07, 6.45) is 5.16. The fourth-order valence-electron chi connectivity index (χ4n) is 3.35. The summed E-state index contributed by atoms with van der Waals surface area (Å²) in [6.45, 7) is 0. The van der Waals surface area contributed by atoms with E-state index >= 15 is 0 Å². The maximum atomic E-state index is 14.1. The number of hydrogen-bond acceptors (Lipinski definition) is 3. The van der Waals surface area contributed by atoms with Crippen molar-refractivity contribution in [2.75, 3.05) is 6.26 Å². The SMILES string of the molecule is CS(=O)(=O)OS1(C(F)(F)F)C(C2CCCC2)=Cc2ccccc21. The molecule has 1 aromatic rings. The van der Waals surface area contributed by atoms with E-state index in [0.717, 1.165) is 12.8 Å². The number of fused-ring (bicyclic) bond motifs is 1. The molecule has 1 atom stereocenters. The lowest BCUT2D eigenvalue weighted by molar-refractivity contribution is -0.0430. The Morgan fingerprint density at radius 1 is 1.17 bits per heavy atom. The average molecular weight is 366 g/mol. The monoisotopic (exact) mass is 366 g/mol. The van der Waals surface area contributed by atoms with E-state index in [1.165, 1.54) is 18.2 Å². The third-order valence-electron chi connectivity index (χ3n) is 4.17. The van der Waals surface area contributed by atoms with E-state index in [1.54, 1.807) is 12.1 Å². The first-order valence-electron chi connectivity index (χ1n) is 7.26. The van der Waals surface area contributed by atoms with Crippen LogP contribution in [0.3, 0.4) is 0 Å². The smallest absolute Gasteiger partial charge is 0.203 e. The maximum Gasteiger partial charge on any atom is 0.456 e. The minimum atomic E-state index is -4.78. The van der Waals surface area contributed by atoms with E-state index in [2.05, 4.69) is 0 Å². The molecule has 1 fully saturated rings. The summed E-state index contributed by atoms with van der Waals surface area (Å²) in [5, 5.41) is 0. The molecular weight excluding hydrogens is 349 g/mol. The molecule has 0 radical (unpaired) electrons. The molecule has 128 valence electrons. The lowest BCUT2D eigenvalue weighted by Crippen LogP contribution is -2.27. The van der Waals surface area contributed by atoms with Gasteiger partial charge in [-0.2, -0.15) is 21.6 Å². The Labute approximate surface area is 135 Å². The number of benzene rings is 1. The van der Waals surface area contributed by atoms with Gasteiger partial charge in [0.1, 0.15) is 0 Å². The summed E-state index contributed by atoms with van der Waals surface area (Å²) >= 11 is 0. The van der Waals surface area contributed by atoms with Gasteiger partial charge in [0.2, 0.25) is 0 Å². The van der Waals surface area contributed by atoms with Crippen LogP contribution in [-0.4, -0.2) is 20.2 Å². The minimum absolute atomic E-state index is 0.0557. The Morgan fingerprint density at radius 3 is 2.35 bits per heavy atom. The second-order valence-electron chi connectivity index (χ2n) is 5.84. The zero-order valence-electron chi connectivity index (χ0n) is 12.5. The maximum absolute atomic E-state index is 14.1. The molecule has 1 aliphatic heterocycles. The molecule has 0 aromatic heterocycles. The molecule has 0 saturated heterocycles. The first-order chi connectivity index (χ1) is 10.7. The molecule has 3 nitrogen and oxygen atoms in total. The van der Waals surface area contributed by atoms with E-state index < -0.39 is 25.9 Å². The summed E-state index contributed by atoms with van der Waals surface area (Å²) in [5.41, 5.74) is -4.37. The van der Waals surface area contributed by atoms with Gasteiger partial charge < -0.3 is 0 Å². The van der Waals surface area contributed by atoms with E-state index in [-0.39, 0.29) is 15.7 Å². The van der Waals surface area contributed by atoms with Gasteiger partial charge in [-0.3, -0.25) is 0 Å². The summed E-state index contributed by atoms with van der Waals surface area (Å²) in [4.78, 5) is 0.0500. The third kappa shape index (κ3) is 2.81. The largest absolute Gasteiger partial charge is 0.456 e. The second kappa shape index (κ2) is 5.53. The van der Waals surface area contributed by atoms with Crippen molar-refractivity contribution in [3.63, 3.8) is 0 Å². The molecule has 1 aliphatic carbocycles. The Hall–Kier alpha value is -0.990. The predicted molar refractivity (Wildman–Crippen MR) is 84.2 cm³/mol. The fraction of sp³-hybridized carbons (Fsp3) is 0.467. The molecule has 0 bridgehead atoms. The highest BCUT2D eigenvalue weighted by atomic mass is 32.3. The number of halogens is 3. The van der Waals surface area contributed by atoms with Crippen molar-refractivity contribution < 1.29 is 25.2 Å². The molecule has 23 heavy (non-hydrogen) atoms. The van der Waals surface area contributed by atoms with Gasteiger partial charge in [0, 0.05) is 20.1 Å². The fourth-order valence-corrected chi connectivity index (χ4v) is 8.24. The Bertz CT molecular complexity index is 749. The molecule has 0 amide bonds. The lowest BCUT2D eigenvalue weighted by atomic mass is 10.1. The Morgan fingerprint density at radius 2 is 1.78 bits per heavy atom. The van der Waals surface area contributed by atoms with Crippen molar-refractivity contribution >= 4 is 26.5 Å². The van der Waals surface area contributed by atoms with E-state index in [4.69, 9.17) is 3.63 Å². The summed E-state index contributed by atoms with van der Waals surface area (Å²) in [6, 6.07) is 6.05. The Kier molecular flexibility index (Phi) is 4.05. The van der Waals surface area contributed by atoms with Crippen LogP contribution in [0.15, 0.2) is 34.1 Å². The highest BCUT2D eigenvalue weighted by Gasteiger charge is 2.61. The number of rotatable bonds is 3. The first kappa shape index (κ1) is 16.9. The Balaban J connectivity index is 2.25. The molecule has 1 heterocycles. The molecule has 8 heteroatoms. The van der Waals surface area contributed by atoms with Crippen molar-refractivity contribution in [1.29, 1.82) is 0 Å². The molecule has 1 aromatic carbocycles. The normalized spacial score (nSPS) is 28.3. The molecule has 0 spiro atoms. The molecule has 3 rings (SSSR count). The topological polar surface area (TPSA) is 43.4 Å². The highest BCUT2D eigenvalue weighted by molar-refractivity contribution is 8.36. The highest BCUT2D eigenvalue weighted by Crippen LogP contribution is 2.79. The molecule has 1 saturated carbocycles. The first-order valence-corrected chi connectivity index (χ1v) is 10.6. The molecule has 0 N–H and O–H groups in total. The molecule has 2 aliphatic rings. The van der Waals surface area contributed by atoms with Crippen LogP contribution >= 0.6 is 10.3 Å². The molecule has 1 unspecified atom stereocenters. The van der Waals surface area contributed by atoms with Crippen molar-refractivity contribution in [1.82, 2.24) is 0 Å². The number of alkyl halides is 3. The van der Waals surface area contributed by atoms with E-state index in [0.29, 0.717) is 24.7 Å². The molecular formula is C15H17F3O3S2. The van der Waals surface area contributed by atoms with Crippen LogP contribution in [0.2, 0.25) is 0 Å². The number of hydrogen-bond donors (Lipinski definition) is 0. The van der Waals surface area contributed by atoms with E-state index in [9.17, 15) is 21.6 Å². The van der Waals surface area contributed by atoms with Gasteiger partial charge in [0.05, 0.1) is 6.26 Å². The second-order valence-corrected chi connectivity index (χ2v) is 10.3. The van der Waals surface area contributed by atoms with Crippen molar-refractivity contribution in [2.24, 2.45) is 5.92 Å². The van der Waals surface area contributed by atoms with Crippen molar-refractivity contribution in [3.8, 4) is 0 Å². The van der Waals surface area contributed by atoms with Gasteiger partial charge in [-0.1, -0.05) is 31.0 Å². The van der Waals surface area contributed by atoms with E-state index in [1.807, 2.05) is 0 Å². The summed E-state index contributed by atoms with van der Waals surface area (Å²) in [7, 11) is -8.32. The van der Waals surface area contributed by atoms with Crippen LogP contribution in [0.4, 0.5) is 13.2 Å². The van der Waals surface area contributed by atoms with Crippen LogP contribution < -0.4 is 0 Å². The van der Waals surface area contributed by atoms with Crippen LogP contribution in [0.5, 0.6) is 0 Å². The average Bonchev–Trinajstić information content (AvgIpc) is 3.03. The summed E-state index contributed by atoms with van der Waals surface area (Å²) < 4.78 is 70.6. The van der Waals surface area contributed by atoms with Gasteiger partial charge in [-0.05, 0) is 36.5 Å². The van der Waals surface area contributed by atoms with Gasteiger partial charge in [-0.15, -0.1) is 0 Å². The van der Waals surface area contributed by atoms with Gasteiger partial charge in [-0.25, -0.2) is 3.63 Å². The van der Waals surface area contributed by atoms with Crippen LogP contribution in [0, 0.1) is 5.92 Å². The van der Waals surface area contributed by atoms with Crippen molar-refractivity contribution in [3.05, 3.63) is 34.7 Å². The van der Waals surface area contributed by atoms with Gasteiger partial charge >= 0.3 is 5.51 Å². The quantitative estimate of drug-likeness (QED) is 0.771. The van der Waals surface area contributed by atoms with Crippen molar-refractivity contribution in [2.45, 2.75) is 36.1 Å². The third-order valence-corrected chi connectivity index (χ3v) is 8.73. The summed E-state index contributed by atoms with van der Waals surface area (Å²) in [5.74, 6) is -0.277. The van der Waals surface area contributed by atoms with Crippen LogP contribution in [0.25, 0.3) is 6.08 Å². The van der Waals surface area contributed by atoms with Crippen LogP contribution in [-0.2, 0) is 13.7 Å². The number of allylic oxidation sites excluding steroid dienone is 1. The zero-order valence-corrected chi connectivity index (χ0v) is 14.1. The van der Waals surface area contributed by atoms with Gasteiger partial charge in [0.25, 0.3) is 10.1 Å². The minimum Gasteiger partial charge on any atom is -0.203 e. The predicted octanol–water partition coefficient (Wildman–Crippen LogP) is 4.81. The zero-order chi connectivity index (χ0) is 16.9. The lowest BCUT2D eigenvalue weighted by Gasteiger charge is -2.40. The van der Waals surface area contributed by atoms with Crippen LogP contribution in [0.1, 0.15) is 31.2 Å².